The summed E-state index contributed by atoms with van der Waals surface area (Å²) in [6.45, 7) is 11.7. The number of hydrogen-bond donors (Lipinski definition) is 1. The van der Waals surface area contributed by atoms with Crippen molar-refractivity contribution < 1.29 is 9.53 Å². The Kier molecular flexibility index (Phi) is 6.84. The standard InChI is InChI=1S/C25H34N6O3/c1-6-25(4,5)31-22(27-28-29-31)21(30-13-11-17(12-14-30)24(33)34-7-2)19-15-18-10-8-9-16(3)20(18)26-23(19)32/h8-10,15,17,21H,6-7,11-14H2,1-5H3,(H,26,32). The Hall–Kier alpha value is -3.07. The van der Waals surface area contributed by atoms with E-state index in [9.17, 15) is 9.59 Å². The minimum Gasteiger partial charge on any atom is -0.466 e. The van der Waals surface area contributed by atoms with Crippen molar-refractivity contribution in [2.45, 2.75) is 65.5 Å². The molecule has 0 amide bonds. The van der Waals surface area contributed by atoms with Crippen LogP contribution in [-0.2, 0) is 15.1 Å². The first-order valence-electron chi connectivity index (χ1n) is 12.1. The summed E-state index contributed by atoms with van der Waals surface area (Å²) in [7, 11) is 0. The van der Waals surface area contributed by atoms with Crippen molar-refractivity contribution in [1.29, 1.82) is 0 Å². The number of piperidine rings is 1. The van der Waals surface area contributed by atoms with Crippen LogP contribution in [0.4, 0.5) is 0 Å². The molecule has 9 heteroatoms. The summed E-state index contributed by atoms with van der Waals surface area (Å²) in [5, 5.41) is 13.7. The highest BCUT2D eigenvalue weighted by Crippen LogP contribution is 2.33. The fraction of sp³-hybridized carbons (Fsp3) is 0.560. The molecule has 1 atom stereocenters. The normalized spacial score (nSPS) is 16.6. The molecule has 0 spiro atoms. The zero-order valence-electron chi connectivity index (χ0n) is 20.7. The van der Waals surface area contributed by atoms with Crippen LogP contribution < -0.4 is 5.56 Å². The molecule has 0 aliphatic carbocycles. The molecule has 2 aromatic heterocycles. The van der Waals surface area contributed by atoms with Crippen LogP contribution in [0.25, 0.3) is 10.9 Å². The van der Waals surface area contributed by atoms with Gasteiger partial charge >= 0.3 is 5.97 Å². The van der Waals surface area contributed by atoms with E-state index in [0.717, 1.165) is 22.9 Å². The average molecular weight is 467 g/mol. The van der Waals surface area contributed by atoms with E-state index in [-0.39, 0.29) is 23.0 Å². The zero-order chi connectivity index (χ0) is 24.5. The number of nitrogens with zero attached hydrogens (tertiary/aromatic N) is 5. The van der Waals surface area contributed by atoms with Crippen LogP contribution in [0.3, 0.4) is 0 Å². The Balaban J connectivity index is 1.79. The molecule has 0 radical (unpaired) electrons. The lowest BCUT2D eigenvalue weighted by atomic mass is 9.93. The zero-order valence-corrected chi connectivity index (χ0v) is 20.7. The minimum atomic E-state index is -0.433. The Morgan fingerprint density at radius 2 is 2.00 bits per heavy atom. The Bertz CT molecular complexity index is 1220. The van der Waals surface area contributed by atoms with Gasteiger partial charge in [-0.15, -0.1) is 5.10 Å². The SMILES string of the molecule is CCOC(=O)C1CCN(C(c2cc3cccc(C)c3[nH]c2=O)c2nnnn2C(C)(C)CC)CC1. The quantitative estimate of drug-likeness (QED) is 0.532. The van der Waals surface area contributed by atoms with Gasteiger partial charge in [0, 0.05) is 18.7 Å². The van der Waals surface area contributed by atoms with E-state index in [1.165, 1.54) is 0 Å². The maximum Gasteiger partial charge on any atom is 0.309 e. The van der Waals surface area contributed by atoms with Crippen molar-refractivity contribution in [2.24, 2.45) is 5.92 Å². The molecule has 3 aromatic rings. The number of aromatic amines is 1. The number of pyridine rings is 1. The number of ether oxygens (including phenoxy) is 1. The third-order valence-corrected chi connectivity index (χ3v) is 7.10. The van der Waals surface area contributed by atoms with Crippen LogP contribution in [0, 0.1) is 12.8 Å². The van der Waals surface area contributed by atoms with Gasteiger partial charge in [-0.2, -0.15) is 0 Å². The van der Waals surface area contributed by atoms with Crippen LogP contribution in [-0.4, -0.2) is 55.8 Å². The van der Waals surface area contributed by atoms with E-state index in [0.29, 0.717) is 43.9 Å². The summed E-state index contributed by atoms with van der Waals surface area (Å²) in [6.07, 6.45) is 2.16. The smallest absolute Gasteiger partial charge is 0.309 e. The number of para-hydroxylation sites is 1. The summed E-state index contributed by atoms with van der Waals surface area (Å²) < 4.78 is 7.08. The molecule has 1 aliphatic rings. The van der Waals surface area contributed by atoms with Gasteiger partial charge in [0.2, 0.25) is 0 Å². The molecule has 0 saturated carbocycles. The first kappa shape index (κ1) is 24.1. The third kappa shape index (κ3) is 4.49. The van der Waals surface area contributed by atoms with Gasteiger partial charge in [0.25, 0.3) is 5.56 Å². The number of likely N-dealkylation sites (tertiary alicyclic amines) is 1. The number of carbonyl (C=O) groups excluding carboxylic acids is 1. The average Bonchev–Trinajstić information content (AvgIpc) is 3.31. The van der Waals surface area contributed by atoms with Crippen molar-refractivity contribution in [3.05, 3.63) is 51.6 Å². The summed E-state index contributed by atoms with van der Waals surface area (Å²) in [5.74, 6) is 0.367. The number of carbonyl (C=O) groups is 1. The number of aromatic nitrogens is 5. The number of hydrogen-bond acceptors (Lipinski definition) is 7. The molecular formula is C25H34N6O3. The van der Waals surface area contributed by atoms with E-state index in [4.69, 9.17) is 4.74 Å². The highest BCUT2D eigenvalue weighted by atomic mass is 16.5. The first-order chi connectivity index (χ1) is 16.3. The lowest BCUT2D eigenvalue weighted by Crippen LogP contribution is -2.43. The molecule has 1 fully saturated rings. The predicted molar refractivity (Wildman–Crippen MR) is 130 cm³/mol. The van der Waals surface area contributed by atoms with Crippen LogP contribution in [0.1, 0.15) is 70.0 Å². The molecular weight excluding hydrogens is 432 g/mol. The molecule has 182 valence electrons. The second-order valence-electron chi connectivity index (χ2n) is 9.67. The third-order valence-electron chi connectivity index (χ3n) is 7.10. The lowest BCUT2D eigenvalue weighted by Gasteiger charge is -2.37. The van der Waals surface area contributed by atoms with Gasteiger partial charge in [-0.1, -0.05) is 25.1 Å². The Labute approximate surface area is 199 Å². The predicted octanol–water partition coefficient (Wildman–Crippen LogP) is 3.33. The maximum absolute atomic E-state index is 13.4. The van der Waals surface area contributed by atoms with Crippen LogP contribution >= 0.6 is 0 Å². The van der Waals surface area contributed by atoms with Gasteiger partial charge in [0.05, 0.1) is 23.6 Å². The molecule has 1 aliphatic heterocycles. The molecule has 34 heavy (non-hydrogen) atoms. The Morgan fingerprint density at radius 1 is 1.26 bits per heavy atom. The molecule has 1 aromatic carbocycles. The van der Waals surface area contributed by atoms with E-state index in [2.05, 4.69) is 46.2 Å². The number of esters is 1. The van der Waals surface area contributed by atoms with Crippen LogP contribution in [0.15, 0.2) is 29.1 Å². The summed E-state index contributed by atoms with van der Waals surface area (Å²) in [4.78, 5) is 31.0. The van der Waals surface area contributed by atoms with E-state index in [1.807, 2.05) is 42.8 Å². The molecule has 4 rings (SSSR count). The number of aryl methyl sites for hydroxylation is 1. The largest absolute Gasteiger partial charge is 0.466 e. The van der Waals surface area contributed by atoms with Crippen molar-refractivity contribution in [1.82, 2.24) is 30.1 Å². The number of H-pyrrole nitrogens is 1. The first-order valence-corrected chi connectivity index (χ1v) is 12.1. The van der Waals surface area contributed by atoms with Gasteiger partial charge in [0.15, 0.2) is 5.82 Å². The summed E-state index contributed by atoms with van der Waals surface area (Å²) >= 11 is 0. The fourth-order valence-corrected chi connectivity index (χ4v) is 4.70. The molecule has 1 saturated heterocycles. The van der Waals surface area contributed by atoms with E-state index >= 15 is 0 Å². The monoisotopic (exact) mass is 466 g/mol. The highest BCUT2D eigenvalue weighted by molar-refractivity contribution is 5.82. The maximum atomic E-state index is 13.4. The van der Waals surface area contributed by atoms with Gasteiger partial charge in [-0.3, -0.25) is 14.5 Å². The van der Waals surface area contributed by atoms with Crippen molar-refractivity contribution >= 4 is 16.9 Å². The summed E-state index contributed by atoms with van der Waals surface area (Å²) in [6, 6.07) is 7.51. The molecule has 3 heterocycles. The van der Waals surface area contributed by atoms with Crippen LogP contribution in [0.2, 0.25) is 0 Å². The molecule has 1 N–H and O–H groups in total. The number of nitrogens with one attached hydrogen (secondary N) is 1. The second-order valence-corrected chi connectivity index (χ2v) is 9.67. The lowest BCUT2D eigenvalue weighted by molar-refractivity contribution is -0.149. The fourth-order valence-electron chi connectivity index (χ4n) is 4.70. The molecule has 9 nitrogen and oxygen atoms in total. The van der Waals surface area contributed by atoms with Gasteiger partial charge in [-0.25, -0.2) is 4.68 Å². The summed E-state index contributed by atoms with van der Waals surface area (Å²) in [5.41, 5.74) is 1.99. The van der Waals surface area contributed by atoms with Crippen molar-refractivity contribution in [3.8, 4) is 0 Å². The van der Waals surface area contributed by atoms with Crippen molar-refractivity contribution in [2.75, 3.05) is 19.7 Å². The van der Waals surface area contributed by atoms with Gasteiger partial charge < -0.3 is 9.72 Å². The molecule has 1 unspecified atom stereocenters. The molecule has 0 bridgehead atoms. The highest BCUT2D eigenvalue weighted by Gasteiger charge is 2.37. The number of fused-ring (bicyclic) bond motifs is 1. The topological polar surface area (TPSA) is 106 Å². The van der Waals surface area contributed by atoms with Gasteiger partial charge in [-0.05, 0) is 74.4 Å². The second kappa shape index (κ2) is 9.66. The number of rotatable bonds is 7. The van der Waals surface area contributed by atoms with Crippen LogP contribution in [0.5, 0.6) is 0 Å². The van der Waals surface area contributed by atoms with Crippen molar-refractivity contribution in [3.63, 3.8) is 0 Å². The van der Waals surface area contributed by atoms with E-state index in [1.54, 1.807) is 0 Å². The number of benzene rings is 1. The van der Waals surface area contributed by atoms with E-state index < -0.39 is 6.04 Å². The minimum absolute atomic E-state index is 0.127. The number of tetrazole rings is 1. The Morgan fingerprint density at radius 3 is 2.68 bits per heavy atom. The van der Waals surface area contributed by atoms with Gasteiger partial charge in [0.1, 0.15) is 6.04 Å².